The summed E-state index contributed by atoms with van der Waals surface area (Å²) in [6, 6.07) is 68.0. The highest BCUT2D eigenvalue weighted by Crippen LogP contribution is 2.51. The van der Waals surface area contributed by atoms with Crippen LogP contribution >= 0.6 is 0 Å². The molecule has 0 unspecified atom stereocenters. The minimum Gasteiger partial charge on any atom is -0.0616 e. The van der Waals surface area contributed by atoms with Crippen molar-refractivity contribution in [3.8, 4) is 77.9 Å². The molecule has 0 fully saturated rings. The van der Waals surface area contributed by atoms with E-state index < -0.39 is 0 Å². The van der Waals surface area contributed by atoms with Crippen LogP contribution < -0.4 is 0 Å². The Balaban J connectivity index is 0.992. The fraction of sp³-hybridized carbons (Fsp3) is 0. The zero-order valence-corrected chi connectivity index (χ0v) is 28.3. The Morgan fingerprint density at radius 1 is 0.192 bits per heavy atom. The largest absolute Gasteiger partial charge is 0.0616 e. The van der Waals surface area contributed by atoms with Crippen molar-refractivity contribution in [2.45, 2.75) is 0 Å². The summed E-state index contributed by atoms with van der Waals surface area (Å²) < 4.78 is 0. The van der Waals surface area contributed by atoms with E-state index in [1.807, 2.05) is 0 Å². The Morgan fingerprint density at radius 2 is 0.596 bits per heavy atom. The van der Waals surface area contributed by atoms with Crippen LogP contribution in [0.25, 0.3) is 121 Å². The van der Waals surface area contributed by atoms with Crippen molar-refractivity contribution in [2.75, 3.05) is 0 Å². The number of rotatable bonds is 3. The monoisotopic (exact) mass is 654 g/mol. The van der Waals surface area contributed by atoms with E-state index in [-0.39, 0.29) is 0 Å². The molecule has 0 nitrogen and oxygen atoms in total. The van der Waals surface area contributed by atoms with E-state index in [0.717, 1.165) is 0 Å². The van der Waals surface area contributed by atoms with E-state index in [9.17, 15) is 0 Å². The third-order valence-corrected chi connectivity index (χ3v) is 11.7. The van der Waals surface area contributed by atoms with Crippen molar-refractivity contribution in [1.82, 2.24) is 0 Å². The summed E-state index contributed by atoms with van der Waals surface area (Å²) in [7, 11) is 0. The lowest BCUT2D eigenvalue weighted by atomic mass is 9.89. The average molecular weight is 655 g/mol. The van der Waals surface area contributed by atoms with Gasteiger partial charge in [-0.1, -0.05) is 158 Å². The first kappa shape index (κ1) is 28.0. The summed E-state index contributed by atoms with van der Waals surface area (Å²) in [6.07, 6.45) is 0. The summed E-state index contributed by atoms with van der Waals surface area (Å²) in [5.74, 6) is 0. The maximum absolute atomic E-state index is 2.41. The summed E-state index contributed by atoms with van der Waals surface area (Å²) in [5.41, 5.74) is 18.2. The molecule has 0 bridgehead atoms. The van der Waals surface area contributed by atoms with Gasteiger partial charge in [0, 0.05) is 0 Å². The molecule has 0 saturated heterocycles. The maximum Gasteiger partial charge on any atom is -0.00201 e. The summed E-state index contributed by atoms with van der Waals surface area (Å²) in [6.45, 7) is 0. The first-order valence-corrected chi connectivity index (χ1v) is 18.2. The average Bonchev–Trinajstić information content (AvgIpc) is 3.72. The van der Waals surface area contributed by atoms with Crippen molar-refractivity contribution >= 4 is 43.1 Å². The fourth-order valence-corrected chi connectivity index (χ4v) is 9.41. The third-order valence-electron chi connectivity index (χ3n) is 11.7. The zero-order chi connectivity index (χ0) is 33.9. The molecule has 2 aliphatic rings. The molecule has 0 amide bonds. The minimum atomic E-state index is 1.24. The van der Waals surface area contributed by atoms with Crippen molar-refractivity contribution in [1.29, 1.82) is 0 Å². The van der Waals surface area contributed by atoms with Gasteiger partial charge in [-0.25, -0.2) is 0 Å². The van der Waals surface area contributed by atoms with Gasteiger partial charge >= 0.3 is 0 Å². The van der Waals surface area contributed by atoms with E-state index in [4.69, 9.17) is 0 Å². The Hall–Kier alpha value is -6.76. The molecule has 0 spiro atoms. The predicted molar refractivity (Wildman–Crippen MR) is 222 cm³/mol. The van der Waals surface area contributed by atoms with Crippen LogP contribution in [0, 0.1) is 0 Å². The summed E-state index contributed by atoms with van der Waals surface area (Å²) in [4.78, 5) is 0. The van der Waals surface area contributed by atoms with E-state index >= 15 is 0 Å². The zero-order valence-electron chi connectivity index (χ0n) is 28.3. The molecule has 10 aromatic carbocycles. The molecule has 52 heavy (non-hydrogen) atoms. The molecule has 12 rings (SSSR count). The second-order valence-electron chi connectivity index (χ2n) is 14.4. The molecule has 238 valence electrons. The van der Waals surface area contributed by atoms with Crippen molar-refractivity contribution in [3.63, 3.8) is 0 Å². The van der Waals surface area contributed by atoms with Gasteiger partial charge in [0.1, 0.15) is 0 Å². The first-order chi connectivity index (χ1) is 25.8. The highest BCUT2D eigenvalue weighted by molar-refractivity contribution is 6.20. The van der Waals surface area contributed by atoms with Gasteiger partial charge in [0.05, 0.1) is 0 Å². The topological polar surface area (TPSA) is 0 Å². The molecule has 0 saturated carbocycles. The van der Waals surface area contributed by atoms with Gasteiger partial charge in [-0.15, -0.1) is 0 Å². The lowest BCUT2D eigenvalue weighted by Crippen LogP contribution is -1.88. The Labute approximate surface area is 301 Å². The minimum absolute atomic E-state index is 1.24. The van der Waals surface area contributed by atoms with E-state index in [2.05, 4.69) is 182 Å². The van der Waals surface area contributed by atoms with Crippen LogP contribution in [0.1, 0.15) is 0 Å². The molecular weight excluding hydrogens is 625 g/mol. The number of benzene rings is 10. The smallest absolute Gasteiger partial charge is 0.00201 e. The van der Waals surface area contributed by atoms with Crippen LogP contribution in [0.15, 0.2) is 182 Å². The quantitative estimate of drug-likeness (QED) is 0.178. The van der Waals surface area contributed by atoms with Crippen LogP contribution in [0.5, 0.6) is 0 Å². The highest BCUT2D eigenvalue weighted by atomic mass is 14.3. The number of fused-ring (bicyclic) bond motifs is 8. The molecule has 0 atom stereocenters. The molecular formula is C52H30. The highest BCUT2D eigenvalue weighted by Gasteiger charge is 2.24. The second-order valence-corrected chi connectivity index (χ2v) is 14.4. The van der Waals surface area contributed by atoms with Crippen LogP contribution in [-0.4, -0.2) is 0 Å². The number of hydrogen-bond donors (Lipinski definition) is 0. The fourth-order valence-electron chi connectivity index (χ4n) is 9.41. The Kier molecular flexibility index (Phi) is 5.59. The number of hydrogen-bond acceptors (Lipinski definition) is 0. The maximum atomic E-state index is 2.41. The molecule has 10 aromatic rings. The standard InChI is InChI=1S/C52H30/c1-2-10-37-33(9-1)29-36(39-24-26-49-43-14-6-4-12-41(43)47-18-8-16-45(39)52(47)49)30-50(37)35-22-20-31-27-34(21-19-32(31)28-35)38-23-25-48-42-13-5-3-11-40(42)46-17-7-15-44(38)51(46)48/h1-30H. The van der Waals surface area contributed by atoms with Crippen LogP contribution in [0.2, 0.25) is 0 Å². The molecule has 0 N–H and O–H groups in total. The van der Waals surface area contributed by atoms with Gasteiger partial charge in [0.25, 0.3) is 0 Å². The Morgan fingerprint density at radius 3 is 1.17 bits per heavy atom. The second kappa shape index (κ2) is 10.4. The molecule has 0 radical (unpaired) electrons. The molecule has 0 heteroatoms. The van der Waals surface area contributed by atoms with Crippen LogP contribution in [0.4, 0.5) is 0 Å². The lowest BCUT2D eigenvalue weighted by molar-refractivity contribution is 1.65. The van der Waals surface area contributed by atoms with Crippen molar-refractivity contribution in [3.05, 3.63) is 182 Å². The van der Waals surface area contributed by atoms with E-state index in [0.29, 0.717) is 0 Å². The predicted octanol–water partition coefficient (Wildman–Crippen LogP) is 14.6. The van der Waals surface area contributed by atoms with Gasteiger partial charge < -0.3 is 0 Å². The molecule has 2 aliphatic carbocycles. The van der Waals surface area contributed by atoms with Gasteiger partial charge in [0.15, 0.2) is 0 Å². The van der Waals surface area contributed by atoms with E-state index in [1.165, 1.54) is 121 Å². The van der Waals surface area contributed by atoms with Crippen LogP contribution in [0.3, 0.4) is 0 Å². The van der Waals surface area contributed by atoms with Gasteiger partial charge in [-0.05, 0) is 145 Å². The Bertz CT molecular complexity index is 3120. The van der Waals surface area contributed by atoms with E-state index in [1.54, 1.807) is 0 Å². The van der Waals surface area contributed by atoms with Gasteiger partial charge in [-0.3, -0.25) is 0 Å². The SMILES string of the molecule is c1ccc2c(c1)-c1cccc3c(-c4ccc5cc(-c6cc(-c7ccc8c9c(cccc79)-c7ccccc7-8)cc7ccccc67)ccc5c4)ccc-2c13. The van der Waals surface area contributed by atoms with Crippen molar-refractivity contribution < 1.29 is 0 Å². The third kappa shape index (κ3) is 3.81. The van der Waals surface area contributed by atoms with Gasteiger partial charge in [0.2, 0.25) is 0 Å². The summed E-state index contributed by atoms with van der Waals surface area (Å²) in [5, 5.41) is 10.4. The normalized spacial score (nSPS) is 12.2. The molecule has 0 heterocycles. The molecule has 0 aromatic heterocycles. The molecule has 0 aliphatic heterocycles. The van der Waals surface area contributed by atoms with Crippen molar-refractivity contribution in [2.24, 2.45) is 0 Å². The first-order valence-electron chi connectivity index (χ1n) is 18.2. The van der Waals surface area contributed by atoms with Crippen LogP contribution in [-0.2, 0) is 0 Å². The lowest BCUT2D eigenvalue weighted by Gasteiger charge is -2.15. The summed E-state index contributed by atoms with van der Waals surface area (Å²) >= 11 is 0. The van der Waals surface area contributed by atoms with Gasteiger partial charge in [-0.2, -0.15) is 0 Å².